The van der Waals surface area contributed by atoms with E-state index < -0.39 is 17.9 Å². The molecule has 0 atom stereocenters. The van der Waals surface area contributed by atoms with Gasteiger partial charge in [0, 0.05) is 37.3 Å². The number of hydrogen-bond acceptors (Lipinski definition) is 9. The molecule has 0 unspecified atom stereocenters. The summed E-state index contributed by atoms with van der Waals surface area (Å²) in [6, 6.07) is 6.08. The number of hydrogen-bond donors (Lipinski definition) is 7. The Hall–Kier alpha value is -4.81. The standard InChI is InChI=1S/C28H39N7O6/c1-40-22-15-18(26(31)36)13-20(29)24(22)33-8-2-3-9-34-25-21(30)14-19(27(32)37)16-23(25)41-12-4-5-17-6-10-35(11-7-17)28(38)39/h2-3,13-17,33-34H,4-12,29-30H2,1H3,(H2,31,36)(H2,32,37)(H,38,39)/b3-2+. The summed E-state index contributed by atoms with van der Waals surface area (Å²) in [4.78, 5) is 35.8. The summed E-state index contributed by atoms with van der Waals surface area (Å²) >= 11 is 0. The quantitative estimate of drug-likeness (QED) is 0.100. The topological polar surface area (TPSA) is 221 Å². The van der Waals surface area contributed by atoms with Crippen LogP contribution in [0.1, 0.15) is 46.4 Å². The highest BCUT2D eigenvalue weighted by Crippen LogP contribution is 2.34. The first-order chi connectivity index (χ1) is 19.6. The maximum absolute atomic E-state index is 11.8. The zero-order valence-electron chi connectivity index (χ0n) is 23.2. The predicted octanol–water partition coefficient (Wildman–Crippen LogP) is 2.69. The van der Waals surface area contributed by atoms with Crippen LogP contribution >= 0.6 is 0 Å². The second-order valence-corrected chi connectivity index (χ2v) is 9.75. The highest BCUT2D eigenvalue weighted by Gasteiger charge is 2.22. The van der Waals surface area contributed by atoms with Gasteiger partial charge in [0.1, 0.15) is 22.9 Å². The molecule has 0 radical (unpaired) electrons. The number of carbonyl (C=O) groups excluding carboxylic acids is 2. The van der Waals surface area contributed by atoms with Gasteiger partial charge in [0.15, 0.2) is 0 Å². The van der Waals surface area contributed by atoms with E-state index in [1.54, 1.807) is 6.07 Å². The number of carbonyl (C=O) groups is 3. The lowest BCUT2D eigenvalue weighted by atomic mass is 9.92. The third kappa shape index (κ3) is 8.59. The van der Waals surface area contributed by atoms with Crippen molar-refractivity contribution in [3.63, 3.8) is 0 Å². The number of nitrogen functional groups attached to an aromatic ring is 2. The van der Waals surface area contributed by atoms with Crippen molar-refractivity contribution in [2.24, 2.45) is 17.4 Å². The van der Waals surface area contributed by atoms with Gasteiger partial charge in [-0.05, 0) is 55.9 Å². The maximum Gasteiger partial charge on any atom is 0.407 e. The summed E-state index contributed by atoms with van der Waals surface area (Å²) in [6.07, 6.45) is 6.24. The zero-order valence-corrected chi connectivity index (χ0v) is 23.2. The van der Waals surface area contributed by atoms with Crippen LogP contribution in [-0.2, 0) is 0 Å². The van der Waals surface area contributed by atoms with Gasteiger partial charge in [0.05, 0.1) is 25.1 Å². The van der Waals surface area contributed by atoms with Gasteiger partial charge in [0.2, 0.25) is 11.8 Å². The Morgan fingerprint density at radius 2 is 1.44 bits per heavy atom. The largest absolute Gasteiger partial charge is 0.494 e. The van der Waals surface area contributed by atoms with Crippen molar-refractivity contribution < 1.29 is 29.0 Å². The molecule has 0 bridgehead atoms. The van der Waals surface area contributed by atoms with Crippen LogP contribution < -0.4 is 43.0 Å². The van der Waals surface area contributed by atoms with Gasteiger partial charge in [-0.25, -0.2) is 4.79 Å². The van der Waals surface area contributed by atoms with Crippen LogP contribution in [-0.4, -0.2) is 67.8 Å². The first-order valence-electron chi connectivity index (χ1n) is 13.3. The molecule has 222 valence electrons. The van der Waals surface area contributed by atoms with Crippen molar-refractivity contribution in [1.82, 2.24) is 4.90 Å². The van der Waals surface area contributed by atoms with Crippen LogP contribution in [0.25, 0.3) is 0 Å². The second-order valence-electron chi connectivity index (χ2n) is 9.75. The minimum Gasteiger partial charge on any atom is -0.494 e. The van der Waals surface area contributed by atoms with Gasteiger partial charge in [0.25, 0.3) is 0 Å². The van der Waals surface area contributed by atoms with E-state index in [4.69, 9.17) is 37.5 Å². The SMILES string of the molecule is COc1cc(C(N)=O)cc(N)c1NC/C=C/CNc1c(N)cc(C(N)=O)cc1OCCCC1CCN(C(=O)O)CC1. The van der Waals surface area contributed by atoms with E-state index in [1.807, 2.05) is 12.2 Å². The van der Waals surface area contributed by atoms with Crippen molar-refractivity contribution in [2.75, 3.05) is 62.0 Å². The van der Waals surface area contributed by atoms with Gasteiger partial charge in [-0.1, -0.05) is 12.2 Å². The molecule has 13 heteroatoms. The molecule has 2 aromatic rings. The summed E-state index contributed by atoms with van der Waals surface area (Å²) in [5.41, 5.74) is 25.3. The van der Waals surface area contributed by atoms with Gasteiger partial charge in [-0.2, -0.15) is 0 Å². The molecule has 13 nitrogen and oxygen atoms in total. The molecular formula is C28H39N7O6. The highest BCUT2D eigenvalue weighted by atomic mass is 16.5. The third-order valence-electron chi connectivity index (χ3n) is 6.91. The molecule has 41 heavy (non-hydrogen) atoms. The number of primary amides is 2. The normalized spacial score (nSPS) is 13.6. The van der Waals surface area contributed by atoms with Gasteiger partial charge < -0.3 is 53.0 Å². The van der Waals surface area contributed by atoms with Gasteiger partial charge in [-0.3, -0.25) is 9.59 Å². The summed E-state index contributed by atoms with van der Waals surface area (Å²) in [7, 11) is 1.48. The number of rotatable bonds is 14. The molecule has 11 N–H and O–H groups in total. The van der Waals surface area contributed by atoms with E-state index in [2.05, 4.69) is 10.6 Å². The lowest BCUT2D eigenvalue weighted by molar-refractivity contribution is 0.0991. The molecule has 0 spiro atoms. The van der Waals surface area contributed by atoms with Gasteiger partial charge in [-0.15, -0.1) is 0 Å². The number of carboxylic acid groups (broad SMARTS) is 1. The minimum absolute atomic E-state index is 0.248. The first kappa shape index (κ1) is 30.7. The number of nitrogens with one attached hydrogen (secondary N) is 2. The van der Waals surface area contributed by atoms with Crippen molar-refractivity contribution >= 4 is 40.7 Å². The third-order valence-corrected chi connectivity index (χ3v) is 6.91. The molecule has 2 aromatic carbocycles. The molecule has 1 aliphatic heterocycles. The number of benzene rings is 2. The molecule has 0 saturated carbocycles. The summed E-state index contributed by atoms with van der Waals surface area (Å²) in [6.45, 7) is 2.35. The van der Waals surface area contributed by atoms with Crippen LogP contribution in [0, 0.1) is 5.92 Å². The zero-order chi connectivity index (χ0) is 29.9. The number of ether oxygens (including phenoxy) is 2. The Labute approximate surface area is 238 Å². The number of nitrogens with two attached hydrogens (primary N) is 4. The Morgan fingerprint density at radius 3 is 1.93 bits per heavy atom. The molecule has 1 aliphatic rings. The van der Waals surface area contributed by atoms with Crippen molar-refractivity contribution in [3.8, 4) is 11.5 Å². The molecular weight excluding hydrogens is 530 g/mol. The highest BCUT2D eigenvalue weighted by molar-refractivity contribution is 5.97. The smallest absolute Gasteiger partial charge is 0.407 e. The van der Waals surface area contributed by atoms with Crippen LogP contribution in [0.5, 0.6) is 11.5 Å². The lowest BCUT2D eigenvalue weighted by Gasteiger charge is -2.29. The fraction of sp³-hybridized carbons (Fsp3) is 0.393. The van der Waals surface area contributed by atoms with E-state index >= 15 is 0 Å². The monoisotopic (exact) mass is 569 g/mol. The molecule has 3 amide bonds. The number of methoxy groups -OCH3 is 1. The number of anilines is 4. The van der Waals surface area contributed by atoms with Crippen molar-refractivity contribution in [2.45, 2.75) is 25.7 Å². The Morgan fingerprint density at radius 1 is 0.927 bits per heavy atom. The van der Waals surface area contributed by atoms with E-state index in [1.165, 1.54) is 30.2 Å². The Kier molecular flexibility index (Phi) is 10.9. The predicted molar refractivity (Wildman–Crippen MR) is 158 cm³/mol. The maximum atomic E-state index is 11.8. The number of amides is 3. The minimum atomic E-state index is -0.869. The fourth-order valence-corrected chi connectivity index (χ4v) is 4.67. The summed E-state index contributed by atoms with van der Waals surface area (Å²) < 4.78 is 11.3. The summed E-state index contributed by atoms with van der Waals surface area (Å²) in [5, 5.41) is 15.5. The van der Waals surface area contributed by atoms with E-state index in [0.717, 1.165) is 25.7 Å². The van der Waals surface area contributed by atoms with Crippen LogP contribution in [0.4, 0.5) is 27.5 Å². The van der Waals surface area contributed by atoms with Crippen LogP contribution in [0.15, 0.2) is 36.4 Å². The molecule has 0 aliphatic carbocycles. The Bertz CT molecular complexity index is 1280. The Balaban J connectivity index is 1.54. The van der Waals surface area contributed by atoms with Crippen molar-refractivity contribution in [1.29, 1.82) is 0 Å². The molecule has 1 saturated heterocycles. The molecule has 1 fully saturated rings. The number of likely N-dealkylation sites (tertiary alicyclic amines) is 1. The van der Waals surface area contributed by atoms with E-state index in [0.29, 0.717) is 73.0 Å². The molecule has 1 heterocycles. The average molecular weight is 570 g/mol. The molecule has 3 rings (SSSR count). The first-order valence-corrected chi connectivity index (χ1v) is 13.3. The fourth-order valence-electron chi connectivity index (χ4n) is 4.67. The second kappa shape index (κ2) is 14.5. The summed E-state index contributed by atoms with van der Waals surface area (Å²) in [5.74, 6) is 0.0716. The number of nitrogens with zero attached hydrogens (tertiary/aromatic N) is 1. The molecule has 0 aromatic heterocycles. The van der Waals surface area contributed by atoms with E-state index in [9.17, 15) is 14.4 Å². The lowest BCUT2D eigenvalue weighted by Crippen LogP contribution is -2.37. The van der Waals surface area contributed by atoms with Crippen molar-refractivity contribution in [3.05, 3.63) is 47.5 Å². The van der Waals surface area contributed by atoms with Gasteiger partial charge >= 0.3 is 6.09 Å². The van der Waals surface area contributed by atoms with Crippen LogP contribution in [0.3, 0.4) is 0 Å². The average Bonchev–Trinajstić information content (AvgIpc) is 2.94. The van der Waals surface area contributed by atoms with E-state index in [-0.39, 0.29) is 11.1 Å². The van der Waals surface area contributed by atoms with Crippen LogP contribution in [0.2, 0.25) is 0 Å². The number of piperidine rings is 1.